The third kappa shape index (κ3) is 4.79. The van der Waals surface area contributed by atoms with Gasteiger partial charge in [-0.3, -0.25) is 0 Å². The van der Waals surface area contributed by atoms with Crippen LogP contribution in [0.5, 0.6) is 0 Å². The SMILES string of the molecule is Cc1c(CCc2ccccc2C(=O)O)cc(-c2ccc(S(C)(=O)=O)cc2)n1-c1ccc(F)cc1. The number of aryl methyl sites for hydroxylation is 2. The first kappa shape index (κ1) is 23.4. The minimum Gasteiger partial charge on any atom is -0.478 e. The third-order valence-corrected chi connectivity index (χ3v) is 7.05. The summed E-state index contributed by atoms with van der Waals surface area (Å²) in [4.78, 5) is 11.8. The number of halogens is 1. The Labute approximate surface area is 198 Å². The number of hydrogen-bond acceptors (Lipinski definition) is 3. The van der Waals surface area contributed by atoms with E-state index in [2.05, 4.69) is 0 Å². The number of carboxylic acid groups (broad SMARTS) is 1. The number of aromatic nitrogens is 1. The molecule has 0 atom stereocenters. The lowest BCUT2D eigenvalue weighted by atomic mass is 9.99. The van der Waals surface area contributed by atoms with Gasteiger partial charge in [-0.15, -0.1) is 0 Å². The molecule has 0 saturated carbocycles. The van der Waals surface area contributed by atoms with Gasteiger partial charge in [-0.25, -0.2) is 17.6 Å². The number of nitrogens with zero attached hydrogens (tertiary/aromatic N) is 1. The van der Waals surface area contributed by atoms with Crippen LogP contribution in [0.25, 0.3) is 16.9 Å². The van der Waals surface area contributed by atoms with Gasteiger partial charge in [0, 0.05) is 17.6 Å². The Kier molecular flexibility index (Phi) is 6.39. The Morgan fingerprint density at radius 3 is 2.15 bits per heavy atom. The summed E-state index contributed by atoms with van der Waals surface area (Å²) in [7, 11) is -3.32. The molecule has 4 rings (SSSR count). The standard InChI is InChI=1S/C27H24FNO4S/c1-18-21(8-7-19-5-3-4-6-25(19)27(30)31)17-26(29(18)23-13-11-22(28)12-14-23)20-9-15-24(16-10-20)34(2,32)33/h3-6,9-17H,7-8H2,1-2H3,(H,30,31). The Bertz CT molecular complexity index is 1450. The molecule has 0 aliphatic rings. The van der Waals surface area contributed by atoms with Gasteiger partial charge in [0.05, 0.1) is 16.2 Å². The number of benzene rings is 3. The highest BCUT2D eigenvalue weighted by molar-refractivity contribution is 7.90. The molecule has 0 radical (unpaired) electrons. The molecule has 5 nitrogen and oxygen atoms in total. The fourth-order valence-corrected chi connectivity index (χ4v) is 4.77. The zero-order valence-electron chi connectivity index (χ0n) is 18.8. The van der Waals surface area contributed by atoms with E-state index < -0.39 is 15.8 Å². The Balaban J connectivity index is 1.77. The van der Waals surface area contributed by atoms with Crippen LogP contribution in [0.4, 0.5) is 4.39 Å². The van der Waals surface area contributed by atoms with Crippen LogP contribution < -0.4 is 0 Å². The average molecular weight is 478 g/mol. The van der Waals surface area contributed by atoms with Crippen LogP contribution >= 0.6 is 0 Å². The van der Waals surface area contributed by atoms with Crippen molar-refractivity contribution in [2.24, 2.45) is 0 Å². The molecule has 0 fully saturated rings. The predicted octanol–water partition coefficient (Wildman–Crippen LogP) is 5.48. The summed E-state index contributed by atoms with van der Waals surface area (Å²) in [5.41, 5.74) is 5.44. The molecule has 0 saturated heterocycles. The lowest BCUT2D eigenvalue weighted by molar-refractivity contribution is 0.0695. The average Bonchev–Trinajstić information content (AvgIpc) is 3.14. The van der Waals surface area contributed by atoms with Crippen LogP contribution in [-0.2, 0) is 22.7 Å². The molecule has 1 N–H and O–H groups in total. The Morgan fingerprint density at radius 2 is 1.53 bits per heavy atom. The van der Waals surface area contributed by atoms with Gasteiger partial charge < -0.3 is 9.67 Å². The predicted molar refractivity (Wildman–Crippen MR) is 130 cm³/mol. The van der Waals surface area contributed by atoms with Crippen LogP contribution in [0.3, 0.4) is 0 Å². The first-order valence-corrected chi connectivity index (χ1v) is 12.6. The molecule has 0 aliphatic heterocycles. The molecule has 0 bridgehead atoms. The van der Waals surface area contributed by atoms with E-state index in [4.69, 9.17) is 0 Å². The molecular formula is C27H24FNO4S. The molecule has 0 spiro atoms. The third-order valence-electron chi connectivity index (χ3n) is 5.93. The lowest BCUT2D eigenvalue weighted by Crippen LogP contribution is -2.04. The normalized spacial score (nSPS) is 11.5. The molecule has 1 heterocycles. The lowest BCUT2D eigenvalue weighted by Gasteiger charge is -2.13. The quantitative estimate of drug-likeness (QED) is 0.383. The largest absolute Gasteiger partial charge is 0.478 e. The summed E-state index contributed by atoms with van der Waals surface area (Å²) in [5.74, 6) is -1.29. The van der Waals surface area contributed by atoms with Crippen LogP contribution in [-0.4, -0.2) is 30.3 Å². The number of carbonyl (C=O) groups is 1. The van der Waals surface area contributed by atoms with E-state index in [1.807, 2.05) is 29.7 Å². The van der Waals surface area contributed by atoms with Crippen LogP contribution in [0.1, 0.15) is 27.2 Å². The summed E-state index contributed by atoms with van der Waals surface area (Å²) in [6.07, 6.45) is 2.32. The minimum atomic E-state index is -3.32. The van der Waals surface area contributed by atoms with Gasteiger partial charge in [0.15, 0.2) is 9.84 Å². The maximum absolute atomic E-state index is 13.6. The zero-order chi connectivity index (χ0) is 24.5. The van der Waals surface area contributed by atoms with E-state index in [0.29, 0.717) is 12.8 Å². The van der Waals surface area contributed by atoms with Crippen molar-refractivity contribution >= 4 is 15.8 Å². The van der Waals surface area contributed by atoms with Gasteiger partial charge in [-0.2, -0.15) is 0 Å². The molecule has 0 unspecified atom stereocenters. The zero-order valence-corrected chi connectivity index (χ0v) is 19.6. The molecule has 7 heteroatoms. The maximum atomic E-state index is 13.6. The smallest absolute Gasteiger partial charge is 0.335 e. The summed E-state index contributed by atoms with van der Waals surface area (Å²) >= 11 is 0. The van der Waals surface area contributed by atoms with Crippen LogP contribution in [0, 0.1) is 12.7 Å². The van der Waals surface area contributed by atoms with Crippen molar-refractivity contribution in [2.75, 3.05) is 6.26 Å². The van der Waals surface area contributed by atoms with Gasteiger partial charge in [-0.1, -0.05) is 30.3 Å². The summed E-state index contributed by atoms with van der Waals surface area (Å²) < 4.78 is 39.3. The van der Waals surface area contributed by atoms with Gasteiger partial charge in [0.25, 0.3) is 0 Å². The number of aromatic carboxylic acids is 1. The highest BCUT2D eigenvalue weighted by Gasteiger charge is 2.17. The van der Waals surface area contributed by atoms with Gasteiger partial charge in [0.1, 0.15) is 5.82 Å². The molecule has 174 valence electrons. The second-order valence-electron chi connectivity index (χ2n) is 8.21. The number of carboxylic acids is 1. The molecule has 3 aromatic carbocycles. The highest BCUT2D eigenvalue weighted by atomic mass is 32.2. The van der Waals surface area contributed by atoms with Gasteiger partial charge in [0.2, 0.25) is 0 Å². The minimum absolute atomic E-state index is 0.235. The summed E-state index contributed by atoms with van der Waals surface area (Å²) in [6.45, 7) is 1.97. The molecule has 34 heavy (non-hydrogen) atoms. The molecule has 0 amide bonds. The van der Waals surface area contributed by atoms with Crippen molar-refractivity contribution in [3.63, 3.8) is 0 Å². The summed E-state index contributed by atoms with van der Waals surface area (Å²) in [6, 6.07) is 21.8. The highest BCUT2D eigenvalue weighted by Crippen LogP contribution is 2.31. The van der Waals surface area contributed by atoms with E-state index in [0.717, 1.165) is 33.8 Å². The molecule has 0 aliphatic carbocycles. The van der Waals surface area contributed by atoms with E-state index in [1.165, 1.54) is 18.4 Å². The van der Waals surface area contributed by atoms with Crippen LogP contribution in [0.2, 0.25) is 0 Å². The Morgan fingerprint density at radius 1 is 0.912 bits per heavy atom. The molecule has 4 aromatic rings. The van der Waals surface area contributed by atoms with Crippen molar-refractivity contribution in [3.8, 4) is 16.9 Å². The van der Waals surface area contributed by atoms with Crippen molar-refractivity contribution in [3.05, 3.63) is 107 Å². The molecule has 1 aromatic heterocycles. The summed E-state index contributed by atoms with van der Waals surface area (Å²) in [5, 5.41) is 9.49. The van der Waals surface area contributed by atoms with E-state index in [1.54, 1.807) is 48.5 Å². The van der Waals surface area contributed by atoms with E-state index >= 15 is 0 Å². The number of sulfone groups is 1. The number of rotatable bonds is 7. The van der Waals surface area contributed by atoms with Gasteiger partial charge in [-0.05, 0) is 85.0 Å². The first-order chi connectivity index (χ1) is 16.1. The second kappa shape index (κ2) is 9.27. The van der Waals surface area contributed by atoms with Crippen molar-refractivity contribution in [2.45, 2.75) is 24.7 Å². The fraction of sp³-hybridized carbons (Fsp3) is 0.148. The topological polar surface area (TPSA) is 76.4 Å². The fourth-order valence-electron chi connectivity index (χ4n) is 4.14. The van der Waals surface area contributed by atoms with Crippen molar-refractivity contribution in [1.29, 1.82) is 0 Å². The van der Waals surface area contributed by atoms with Gasteiger partial charge >= 0.3 is 5.97 Å². The van der Waals surface area contributed by atoms with Crippen LogP contribution in [0.15, 0.2) is 83.8 Å². The van der Waals surface area contributed by atoms with Crippen molar-refractivity contribution < 1.29 is 22.7 Å². The molecular weight excluding hydrogens is 453 g/mol. The van der Waals surface area contributed by atoms with E-state index in [9.17, 15) is 22.7 Å². The second-order valence-corrected chi connectivity index (χ2v) is 10.2. The van der Waals surface area contributed by atoms with E-state index in [-0.39, 0.29) is 16.3 Å². The number of hydrogen-bond donors (Lipinski definition) is 1. The monoisotopic (exact) mass is 477 g/mol. The maximum Gasteiger partial charge on any atom is 0.335 e. The van der Waals surface area contributed by atoms with Crippen molar-refractivity contribution in [1.82, 2.24) is 4.57 Å². The Hall–Kier alpha value is -3.71. The first-order valence-electron chi connectivity index (χ1n) is 10.7.